The Hall–Kier alpha value is -1.07. The molecule has 4 N–H and O–H groups in total. The van der Waals surface area contributed by atoms with Crippen LogP contribution in [-0.2, 0) is 23.7 Å². The lowest BCUT2D eigenvalue weighted by Crippen LogP contribution is -2.63. The highest BCUT2D eigenvalue weighted by molar-refractivity contribution is 5.85. The zero-order valence-electron chi connectivity index (χ0n) is 23.5. The predicted octanol–water partition coefficient (Wildman–Crippen LogP) is 2.08. The maximum atomic E-state index is 12.4. The maximum Gasteiger partial charge on any atom is 0.331 e. The first kappa shape index (κ1) is 28.1. The third kappa shape index (κ3) is 4.17. The second kappa shape index (κ2) is 10.0. The SMILES string of the molecule is CO[C@@H]1[C@@H](O)[C@H](O[C@H]2CC[C@@]3(C)[C@H](CC[C@@H]4[C@@H]3CC[C@]3(C)[C@@H](C5=CC(=O)OC5)CC[C@]43O)C2)O[C@H](CO)[C@H]1O. The molecular formula is C30H46O9. The van der Waals surface area contributed by atoms with Crippen molar-refractivity contribution in [1.82, 2.24) is 0 Å². The highest BCUT2D eigenvalue weighted by Gasteiger charge is 2.67. The van der Waals surface area contributed by atoms with E-state index < -0.39 is 36.3 Å². The summed E-state index contributed by atoms with van der Waals surface area (Å²) in [5.41, 5.74) is 0.198. The summed E-state index contributed by atoms with van der Waals surface area (Å²) in [6.07, 6.45) is 4.98. The molecule has 0 spiro atoms. The van der Waals surface area contributed by atoms with Crippen molar-refractivity contribution in [2.75, 3.05) is 20.3 Å². The van der Waals surface area contributed by atoms with Gasteiger partial charge < -0.3 is 39.4 Å². The number of carbonyl (C=O) groups excluding carboxylic acids is 1. The van der Waals surface area contributed by atoms with Crippen molar-refractivity contribution in [1.29, 1.82) is 0 Å². The van der Waals surface area contributed by atoms with Crippen molar-refractivity contribution in [2.24, 2.45) is 34.5 Å². The molecule has 0 aromatic rings. The molecule has 2 heterocycles. The first-order valence-electron chi connectivity index (χ1n) is 15.0. The van der Waals surface area contributed by atoms with Crippen molar-refractivity contribution in [2.45, 2.75) is 114 Å². The van der Waals surface area contributed by atoms with Gasteiger partial charge in [-0.1, -0.05) is 13.8 Å². The summed E-state index contributed by atoms with van der Waals surface area (Å²) < 4.78 is 22.6. The first-order chi connectivity index (χ1) is 18.6. The number of carbonyl (C=O) groups is 1. The van der Waals surface area contributed by atoms with Crippen LogP contribution in [0.25, 0.3) is 0 Å². The summed E-state index contributed by atoms with van der Waals surface area (Å²) in [4.78, 5) is 11.8. The lowest BCUT2D eigenvalue weighted by molar-refractivity contribution is -0.320. The van der Waals surface area contributed by atoms with E-state index >= 15 is 0 Å². The Balaban J connectivity index is 1.15. The molecule has 5 fully saturated rings. The Morgan fingerprint density at radius 3 is 2.51 bits per heavy atom. The molecular weight excluding hydrogens is 504 g/mol. The fourth-order valence-electron chi connectivity index (χ4n) is 10.1. The molecule has 220 valence electrons. The van der Waals surface area contributed by atoms with Crippen LogP contribution in [0.15, 0.2) is 11.6 Å². The summed E-state index contributed by atoms with van der Waals surface area (Å²) in [5, 5.41) is 43.2. The number of aliphatic hydroxyl groups excluding tert-OH is 3. The van der Waals surface area contributed by atoms with Crippen LogP contribution in [0.4, 0.5) is 0 Å². The standard InChI is InChI=1S/C30H46O9/c1-28-9-6-18(38-27-25(34)26(36-3)24(33)22(14-31)39-27)13-17(28)4-5-21-20(28)7-10-29(2)19(8-11-30(21,29)35)16-12-23(32)37-15-16/h12,17-22,24-27,31,33-35H,4-11,13-15H2,1-3H3/t17-,18+,19-,20+,21-,22-,24-,25-,26+,27-,28+,29-,30+/m1/s1. The molecule has 9 heteroatoms. The zero-order valence-corrected chi connectivity index (χ0v) is 23.5. The van der Waals surface area contributed by atoms with Gasteiger partial charge >= 0.3 is 5.97 Å². The van der Waals surface area contributed by atoms with Crippen LogP contribution in [0.5, 0.6) is 0 Å². The molecule has 0 radical (unpaired) electrons. The molecule has 13 atom stereocenters. The molecule has 2 aliphatic heterocycles. The summed E-state index contributed by atoms with van der Waals surface area (Å²) in [5.74, 6) is 1.08. The second-order valence-electron chi connectivity index (χ2n) is 13.7. The average molecular weight is 551 g/mol. The number of methoxy groups -OCH3 is 1. The molecule has 39 heavy (non-hydrogen) atoms. The molecule has 6 aliphatic rings. The summed E-state index contributed by atoms with van der Waals surface area (Å²) >= 11 is 0. The van der Waals surface area contributed by atoms with Crippen molar-refractivity contribution < 1.29 is 44.2 Å². The molecule has 6 rings (SSSR count). The molecule has 0 bridgehead atoms. The van der Waals surface area contributed by atoms with Crippen molar-refractivity contribution in [3.63, 3.8) is 0 Å². The van der Waals surface area contributed by atoms with Gasteiger partial charge in [0, 0.05) is 18.6 Å². The van der Waals surface area contributed by atoms with Crippen LogP contribution < -0.4 is 0 Å². The molecule has 0 aromatic carbocycles. The molecule has 1 saturated heterocycles. The van der Waals surface area contributed by atoms with Gasteiger partial charge in [-0.25, -0.2) is 4.79 Å². The highest BCUT2D eigenvalue weighted by atomic mass is 16.7. The van der Waals surface area contributed by atoms with E-state index in [1.54, 1.807) is 6.08 Å². The van der Waals surface area contributed by atoms with E-state index in [0.29, 0.717) is 18.4 Å². The maximum absolute atomic E-state index is 12.4. The van der Waals surface area contributed by atoms with E-state index in [0.717, 1.165) is 63.4 Å². The quantitative estimate of drug-likeness (QED) is 0.300. The van der Waals surface area contributed by atoms with Gasteiger partial charge in [0.25, 0.3) is 0 Å². The minimum absolute atomic E-state index is 0.0917. The van der Waals surface area contributed by atoms with Crippen LogP contribution >= 0.6 is 0 Å². The highest BCUT2D eigenvalue weighted by Crippen LogP contribution is 2.70. The van der Waals surface area contributed by atoms with Crippen LogP contribution in [-0.4, -0.2) is 89.1 Å². The molecule has 0 aromatic heterocycles. The van der Waals surface area contributed by atoms with Crippen LogP contribution in [0.2, 0.25) is 0 Å². The van der Waals surface area contributed by atoms with Crippen LogP contribution in [0.3, 0.4) is 0 Å². The zero-order chi connectivity index (χ0) is 27.7. The van der Waals surface area contributed by atoms with Crippen molar-refractivity contribution in [3.05, 3.63) is 11.6 Å². The Morgan fingerprint density at radius 2 is 1.82 bits per heavy atom. The number of rotatable bonds is 5. The number of esters is 1. The molecule has 0 unspecified atom stereocenters. The minimum atomic E-state index is -1.15. The second-order valence-corrected chi connectivity index (χ2v) is 13.7. The first-order valence-corrected chi connectivity index (χ1v) is 15.0. The van der Waals surface area contributed by atoms with E-state index in [2.05, 4.69) is 13.8 Å². The number of fused-ring (bicyclic) bond motifs is 5. The van der Waals surface area contributed by atoms with E-state index in [1.165, 1.54) is 7.11 Å². The lowest BCUT2D eigenvalue weighted by Gasteiger charge is -2.64. The number of ether oxygens (including phenoxy) is 4. The number of hydrogen-bond acceptors (Lipinski definition) is 9. The molecule has 4 saturated carbocycles. The smallest absolute Gasteiger partial charge is 0.331 e. The molecule has 4 aliphatic carbocycles. The van der Waals surface area contributed by atoms with Crippen LogP contribution in [0.1, 0.15) is 71.6 Å². The monoisotopic (exact) mass is 550 g/mol. The Kier molecular flexibility index (Phi) is 7.22. The average Bonchev–Trinajstić information content (AvgIpc) is 3.45. The largest absolute Gasteiger partial charge is 0.458 e. The van der Waals surface area contributed by atoms with E-state index in [9.17, 15) is 25.2 Å². The number of hydrogen-bond donors (Lipinski definition) is 4. The number of cyclic esters (lactones) is 1. The van der Waals surface area contributed by atoms with Gasteiger partial charge in [0.1, 0.15) is 31.0 Å². The third-order valence-electron chi connectivity index (χ3n) is 12.4. The topological polar surface area (TPSA) is 135 Å². The van der Waals surface area contributed by atoms with Gasteiger partial charge in [-0.3, -0.25) is 0 Å². The third-order valence-corrected chi connectivity index (χ3v) is 12.4. The Bertz CT molecular complexity index is 985. The van der Waals surface area contributed by atoms with Crippen LogP contribution in [0, 0.1) is 34.5 Å². The normalized spacial score (nSPS) is 53.4. The van der Waals surface area contributed by atoms with E-state index in [1.807, 2.05) is 0 Å². The van der Waals surface area contributed by atoms with Crippen molar-refractivity contribution >= 4 is 5.97 Å². The fraction of sp³-hybridized carbons (Fsp3) is 0.900. The van der Waals surface area contributed by atoms with E-state index in [-0.39, 0.29) is 41.3 Å². The fourth-order valence-corrected chi connectivity index (χ4v) is 10.1. The molecule has 9 nitrogen and oxygen atoms in total. The summed E-state index contributed by atoms with van der Waals surface area (Å²) in [6.45, 7) is 4.65. The van der Waals surface area contributed by atoms with Gasteiger partial charge in [-0.2, -0.15) is 0 Å². The van der Waals surface area contributed by atoms with Crippen molar-refractivity contribution in [3.8, 4) is 0 Å². The Morgan fingerprint density at radius 1 is 1.03 bits per heavy atom. The minimum Gasteiger partial charge on any atom is -0.458 e. The molecule has 0 amide bonds. The van der Waals surface area contributed by atoms with Gasteiger partial charge in [-0.05, 0) is 92.4 Å². The Labute approximate surface area is 230 Å². The van der Waals surface area contributed by atoms with Gasteiger partial charge in [0.15, 0.2) is 6.29 Å². The van der Waals surface area contributed by atoms with Gasteiger partial charge in [0.2, 0.25) is 0 Å². The summed E-state index contributed by atoms with van der Waals surface area (Å²) in [7, 11) is 1.42. The predicted molar refractivity (Wildman–Crippen MR) is 139 cm³/mol. The number of aliphatic hydroxyl groups is 4. The van der Waals surface area contributed by atoms with E-state index in [4.69, 9.17) is 18.9 Å². The lowest BCUT2D eigenvalue weighted by atomic mass is 9.43. The van der Waals surface area contributed by atoms with Gasteiger partial charge in [-0.15, -0.1) is 0 Å². The summed E-state index contributed by atoms with van der Waals surface area (Å²) in [6, 6.07) is 0. The van der Waals surface area contributed by atoms with Gasteiger partial charge in [0.05, 0.1) is 18.3 Å².